The zero-order chi connectivity index (χ0) is 21.0. The Kier molecular flexibility index (Phi) is 6.31. The first-order valence-corrected chi connectivity index (χ1v) is 9.90. The van der Waals surface area contributed by atoms with Gasteiger partial charge in [0.2, 0.25) is 5.91 Å². The molecule has 2 N–H and O–H groups in total. The Morgan fingerprint density at radius 2 is 2.07 bits per heavy atom. The van der Waals surface area contributed by atoms with Crippen molar-refractivity contribution in [2.45, 2.75) is 52.6 Å². The Bertz CT molecular complexity index is 991. The number of fused-ring (bicyclic) bond motifs is 1. The standard InChI is InChI=1S/C21H27N5O3/c1-5-14(4)24-19(27)8-9-22-21(28)15-11-17(18-7-6-10-29-18)25-20-16(15)12-23-26(20)13(2)3/h6-7,10-14H,5,8-9H2,1-4H3,(H,22,28)(H,24,27). The molecule has 0 aromatic carbocycles. The summed E-state index contributed by atoms with van der Waals surface area (Å²) in [5, 5.41) is 10.8. The number of hydrogen-bond donors (Lipinski definition) is 2. The smallest absolute Gasteiger partial charge is 0.252 e. The van der Waals surface area contributed by atoms with Gasteiger partial charge in [0.25, 0.3) is 5.91 Å². The van der Waals surface area contributed by atoms with Gasteiger partial charge >= 0.3 is 0 Å². The summed E-state index contributed by atoms with van der Waals surface area (Å²) in [5.74, 6) is 0.221. The van der Waals surface area contributed by atoms with Gasteiger partial charge in [0.1, 0.15) is 5.69 Å². The lowest BCUT2D eigenvalue weighted by Gasteiger charge is -2.12. The maximum atomic E-state index is 12.9. The van der Waals surface area contributed by atoms with E-state index in [-0.39, 0.29) is 36.9 Å². The van der Waals surface area contributed by atoms with Crippen molar-refractivity contribution in [3.63, 3.8) is 0 Å². The van der Waals surface area contributed by atoms with E-state index in [1.165, 1.54) is 0 Å². The third-order valence-electron chi connectivity index (χ3n) is 4.73. The van der Waals surface area contributed by atoms with Crippen LogP contribution in [0.1, 0.15) is 56.9 Å². The third kappa shape index (κ3) is 4.64. The molecule has 0 spiro atoms. The number of aromatic nitrogens is 3. The largest absolute Gasteiger partial charge is 0.463 e. The van der Waals surface area contributed by atoms with E-state index in [0.717, 1.165) is 6.42 Å². The third-order valence-corrected chi connectivity index (χ3v) is 4.73. The predicted octanol–water partition coefficient (Wildman–Crippen LogP) is 3.31. The van der Waals surface area contributed by atoms with Crippen molar-refractivity contribution >= 4 is 22.8 Å². The van der Waals surface area contributed by atoms with Gasteiger partial charge in [0.15, 0.2) is 11.4 Å². The fourth-order valence-corrected chi connectivity index (χ4v) is 2.97. The molecule has 0 bridgehead atoms. The first kappa shape index (κ1) is 20.6. The van der Waals surface area contributed by atoms with Crippen LogP contribution in [0.25, 0.3) is 22.5 Å². The van der Waals surface area contributed by atoms with Crippen LogP contribution in [0.2, 0.25) is 0 Å². The minimum absolute atomic E-state index is 0.0802. The summed E-state index contributed by atoms with van der Waals surface area (Å²) in [6.07, 6.45) is 4.30. The van der Waals surface area contributed by atoms with Gasteiger partial charge in [-0.15, -0.1) is 0 Å². The highest BCUT2D eigenvalue weighted by Gasteiger charge is 2.19. The second-order valence-electron chi connectivity index (χ2n) is 7.34. The second kappa shape index (κ2) is 8.89. The van der Waals surface area contributed by atoms with Crippen LogP contribution >= 0.6 is 0 Å². The first-order valence-electron chi connectivity index (χ1n) is 9.90. The van der Waals surface area contributed by atoms with Gasteiger partial charge in [-0.05, 0) is 45.4 Å². The molecule has 0 aliphatic heterocycles. The quantitative estimate of drug-likeness (QED) is 0.607. The van der Waals surface area contributed by atoms with Gasteiger partial charge in [0, 0.05) is 25.0 Å². The highest BCUT2D eigenvalue weighted by molar-refractivity contribution is 6.06. The number of furan rings is 1. The van der Waals surface area contributed by atoms with Crippen molar-refractivity contribution in [2.24, 2.45) is 0 Å². The Labute approximate surface area is 169 Å². The van der Waals surface area contributed by atoms with Crippen LogP contribution < -0.4 is 10.6 Å². The number of carbonyl (C=O) groups excluding carboxylic acids is 2. The van der Waals surface area contributed by atoms with Crippen molar-refractivity contribution in [1.29, 1.82) is 0 Å². The molecule has 8 nitrogen and oxygen atoms in total. The van der Waals surface area contributed by atoms with E-state index in [0.29, 0.717) is 28.1 Å². The van der Waals surface area contributed by atoms with Crippen molar-refractivity contribution in [2.75, 3.05) is 6.54 Å². The maximum Gasteiger partial charge on any atom is 0.252 e. The van der Waals surface area contributed by atoms with E-state index < -0.39 is 0 Å². The summed E-state index contributed by atoms with van der Waals surface area (Å²) in [4.78, 5) is 29.5. The van der Waals surface area contributed by atoms with Crippen LogP contribution in [0, 0.1) is 0 Å². The van der Waals surface area contributed by atoms with E-state index in [1.54, 1.807) is 35.3 Å². The lowest BCUT2D eigenvalue weighted by atomic mass is 10.1. The zero-order valence-electron chi connectivity index (χ0n) is 17.2. The molecule has 2 amide bonds. The van der Waals surface area contributed by atoms with Crippen LogP contribution in [0.15, 0.2) is 35.1 Å². The lowest BCUT2D eigenvalue weighted by Crippen LogP contribution is -2.35. The SMILES string of the molecule is CCC(C)NC(=O)CCNC(=O)c1cc(-c2ccco2)nc2c1cnn2C(C)C. The Balaban J connectivity index is 1.84. The molecule has 1 unspecified atom stereocenters. The lowest BCUT2D eigenvalue weighted by molar-refractivity contribution is -0.121. The highest BCUT2D eigenvalue weighted by Crippen LogP contribution is 2.26. The van der Waals surface area contributed by atoms with Crippen LogP contribution in [0.5, 0.6) is 0 Å². The molecular weight excluding hydrogens is 370 g/mol. The normalized spacial score (nSPS) is 12.3. The van der Waals surface area contributed by atoms with Gasteiger partial charge in [0.05, 0.1) is 23.4 Å². The zero-order valence-corrected chi connectivity index (χ0v) is 17.2. The Morgan fingerprint density at radius 3 is 2.72 bits per heavy atom. The van der Waals surface area contributed by atoms with Gasteiger partial charge in [-0.2, -0.15) is 5.10 Å². The summed E-state index contributed by atoms with van der Waals surface area (Å²) < 4.78 is 7.24. The molecule has 0 saturated carbocycles. The summed E-state index contributed by atoms with van der Waals surface area (Å²) in [7, 11) is 0. The minimum atomic E-state index is -0.273. The number of hydrogen-bond acceptors (Lipinski definition) is 5. The van der Waals surface area contributed by atoms with Gasteiger partial charge in [-0.1, -0.05) is 6.92 Å². The van der Waals surface area contributed by atoms with E-state index in [9.17, 15) is 9.59 Å². The average Bonchev–Trinajstić information content (AvgIpc) is 3.36. The van der Waals surface area contributed by atoms with Crippen molar-refractivity contribution in [1.82, 2.24) is 25.4 Å². The highest BCUT2D eigenvalue weighted by atomic mass is 16.3. The topological polar surface area (TPSA) is 102 Å². The molecule has 3 aromatic heterocycles. The van der Waals surface area contributed by atoms with Gasteiger partial charge in [-0.25, -0.2) is 9.67 Å². The Hall–Kier alpha value is -3.16. The van der Waals surface area contributed by atoms with Gasteiger partial charge < -0.3 is 15.1 Å². The Morgan fingerprint density at radius 1 is 1.28 bits per heavy atom. The molecule has 3 heterocycles. The van der Waals surface area contributed by atoms with Crippen LogP contribution in [-0.2, 0) is 4.79 Å². The molecule has 0 radical (unpaired) electrons. The van der Waals surface area contributed by atoms with E-state index >= 15 is 0 Å². The molecule has 1 atom stereocenters. The number of carbonyl (C=O) groups is 2. The summed E-state index contributed by atoms with van der Waals surface area (Å²) in [6, 6.07) is 5.48. The second-order valence-corrected chi connectivity index (χ2v) is 7.34. The summed E-state index contributed by atoms with van der Waals surface area (Å²) in [5.41, 5.74) is 1.63. The minimum Gasteiger partial charge on any atom is -0.463 e. The average molecular weight is 397 g/mol. The predicted molar refractivity (Wildman–Crippen MR) is 110 cm³/mol. The first-order chi connectivity index (χ1) is 13.9. The number of pyridine rings is 1. The number of amides is 2. The molecule has 0 saturated heterocycles. The molecule has 0 fully saturated rings. The van der Waals surface area contributed by atoms with Crippen LogP contribution in [0.3, 0.4) is 0 Å². The van der Waals surface area contributed by atoms with Gasteiger partial charge in [-0.3, -0.25) is 9.59 Å². The van der Waals surface area contributed by atoms with E-state index in [1.807, 2.05) is 27.7 Å². The number of nitrogens with zero attached hydrogens (tertiary/aromatic N) is 3. The molecule has 3 aromatic rings. The molecule has 0 aliphatic rings. The summed E-state index contributed by atoms with van der Waals surface area (Å²) >= 11 is 0. The van der Waals surface area contributed by atoms with E-state index in [2.05, 4.69) is 20.7 Å². The van der Waals surface area contributed by atoms with Crippen molar-refractivity contribution in [3.05, 3.63) is 36.2 Å². The van der Waals surface area contributed by atoms with Crippen LogP contribution in [-0.4, -0.2) is 39.2 Å². The molecule has 154 valence electrons. The van der Waals surface area contributed by atoms with Crippen molar-refractivity contribution in [3.8, 4) is 11.5 Å². The van der Waals surface area contributed by atoms with Crippen molar-refractivity contribution < 1.29 is 14.0 Å². The molecule has 29 heavy (non-hydrogen) atoms. The molecule has 8 heteroatoms. The summed E-state index contributed by atoms with van der Waals surface area (Å²) in [6.45, 7) is 8.22. The van der Waals surface area contributed by atoms with E-state index in [4.69, 9.17) is 4.42 Å². The molecular formula is C21H27N5O3. The number of nitrogens with one attached hydrogen (secondary N) is 2. The number of rotatable bonds is 8. The molecule has 0 aliphatic carbocycles. The molecule has 3 rings (SSSR count). The fraction of sp³-hybridized carbons (Fsp3) is 0.429. The van der Waals surface area contributed by atoms with Crippen LogP contribution in [0.4, 0.5) is 0 Å². The maximum absolute atomic E-state index is 12.9. The monoisotopic (exact) mass is 397 g/mol. The fourth-order valence-electron chi connectivity index (χ4n) is 2.97.